The van der Waals surface area contributed by atoms with Crippen LogP contribution in [0.1, 0.15) is 19.4 Å². The van der Waals surface area contributed by atoms with Gasteiger partial charge in [-0.15, -0.1) is 0 Å². The zero-order chi connectivity index (χ0) is 12.2. The van der Waals surface area contributed by atoms with E-state index in [-0.39, 0.29) is 5.00 Å². The summed E-state index contributed by atoms with van der Waals surface area (Å²) >= 11 is 1.12. The third-order valence-electron chi connectivity index (χ3n) is 2.02. The Balaban J connectivity index is 2.44. The van der Waals surface area contributed by atoms with Crippen LogP contribution in [0.3, 0.4) is 0 Å². The molecule has 1 aromatic rings. The van der Waals surface area contributed by atoms with E-state index in [2.05, 4.69) is 11.4 Å². The Morgan fingerprint density at radius 1 is 1.69 bits per heavy atom. The minimum atomic E-state index is -0.415. The number of hydrogen-bond donors (Lipinski definition) is 1. The van der Waals surface area contributed by atoms with Crippen LogP contribution in [0, 0.1) is 26.9 Å². The van der Waals surface area contributed by atoms with Gasteiger partial charge in [0.2, 0.25) is 0 Å². The standard InChI is InChI=1S/C10H13N3O2S/c1-10(2,6-11)7-12-4-8-3-9(13(14)15)16-5-8/h3,5,12H,4,7H2,1-2H3. The molecule has 0 atom stereocenters. The van der Waals surface area contributed by atoms with Gasteiger partial charge in [0.15, 0.2) is 0 Å². The minimum Gasteiger partial charge on any atom is -0.311 e. The number of thiophene rings is 1. The van der Waals surface area contributed by atoms with Crippen LogP contribution in [-0.4, -0.2) is 11.5 Å². The average Bonchev–Trinajstić information content (AvgIpc) is 2.66. The van der Waals surface area contributed by atoms with Crippen LogP contribution < -0.4 is 5.32 Å². The van der Waals surface area contributed by atoms with Gasteiger partial charge in [-0.3, -0.25) is 10.1 Å². The molecule has 0 aliphatic heterocycles. The lowest BCUT2D eigenvalue weighted by Gasteiger charge is -2.15. The number of nitriles is 1. The van der Waals surface area contributed by atoms with Gasteiger partial charge in [-0.1, -0.05) is 11.3 Å². The number of nitro groups is 1. The first-order valence-corrected chi connectivity index (χ1v) is 5.66. The molecular formula is C10H13N3O2S. The van der Waals surface area contributed by atoms with Crippen molar-refractivity contribution in [2.24, 2.45) is 5.41 Å². The van der Waals surface area contributed by atoms with E-state index in [0.29, 0.717) is 13.1 Å². The molecule has 0 aliphatic carbocycles. The van der Waals surface area contributed by atoms with Crippen LogP contribution in [0.5, 0.6) is 0 Å². The molecule has 1 rings (SSSR count). The summed E-state index contributed by atoms with van der Waals surface area (Å²) in [6.07, 6.45) is 0. The summed E-state index contributed by atoms with van der Waals surface area (Å²) in [6, 6.07) is 3.74. The van der Waals surface area contributed by atoms with E-state index in [1.807, 2.05) is 13.8 Å². The molecule has 0 spiro atoms. The SMILES string of the molecule is CC(C)(C#N)CNCc1csc([N+](=O)[O-])c1. The Kier molecular flexibility index (Phi) is 3.99. The molecule has 1 aromatic heterocycles. The molecule has 0 aliphatic rings. The highest BCUT2D eigenvalue weighted by molar-refractivity contribution is 7.13. The molecule has 5 nitrogen and oxygen atoms in total. The lowest BCUT2D eigenvalue weighted by molar-refractivity contribution is -0.380. The second-order valence-corrected chi connectivity index (χ2v) is 5.04. The predicted molar refractivity (Wildman–Crippen MR) is 62.1 cm³/mol. The maximum absolute atomic E-state index is 10.4. The molecule has 1 N–H and O–H groups in total. The van der Waals surface area contributed by atoms with Crippen molar-refractivity contribution in [3.05, 3.63) is 27.1 Å². The van der Waals surface area contributed by atoms with Crippen LogP contribution >= 0.6 is 11.3 Å². The van der Waals surface area contributed by atoms with Crippen molar-refractivity contribution in [2.45, 2.75) is 20.4 Å². The molecule has 6 heteroatoms. The van der Waals surface area contributed by atoms with Gasteiger partial charge in [-0.2, -0.15) is 5.26 Å². The summed E-state index contributed by atoms with van der Waals surface area (Å²) in [5.74, 6) is 0. The molecule has 1 heterocycles. The largest absolute Gasteiger partial charge is 0.324 e. The topological polar surface area (TPSA) is 79.0 Å². The summed E-state index contributed by atoms with van der Waals surface area (Å²) in [4.78, 5) is 10.1. The van der Waals surface area contributed by atoms with Gasteiger partial charge < -0.3 is 5.32 Å². The van der Waals surface area contributed by atoms with E-state index in [1.165, 1.54) is 0 Å². The summed E-state index contributed by atoms with van der Waals surface area (Å²) < 4.78 is 0. The van der Waals surface area contributed by atoms with Crippen LogP contribution in [0.4, 0.5) is 5.00 Å². The molecule has 0 saturated heterocycles. The van der Waals surface area contributed by atoms with E-state index in [9.17, 15) is 10.1 Å². The Morgan fingerprint density at radius 2 is 2.38 bits per heavy atom. The van der Waals surface area contributed by atoms with Crippen molar-refractivity contribution in [3.63, 3.8) is 0 Å². The van der Waals surface area contributed by atoms with Crippen molar-refractivity contribution >= 4 is 16.3 Å². The highest BCUT2D eigenvalue weighted by Crippen LogP contribution is 2.22. The fourth-order valence-corrected chi connectivity index (χ4v) is 1.84. The van der Waals surface area contributed by atoms with Crippen molar-refractivity contribution in [1.29, 1.82) is 5.26 Å². The number of nitrogens with zero attached hydrogens (tertiary/aromatic N) is 2. The van der Waals surface area contributed by atoms with E-state index in [4.69, 9.17) is 5.26 Å². The van der Waals surface area contributed by atoms with Crippen LogP contribution in [0.25, 0.3) is 0 Å². The minimum absolute atomic E-state index is 0.149. The third-order valence-corrected chi connectivity index (χ3v) is 2.95. The summed E-state index contributed by atoms with van der Waals surface area (Å²) in [6.45, 7) is 4.80. The van der Waals surface area contributed by atoms with Gasteiger partial charge in [-0.05, 0) is 19.4 Å². The maximum atomic E-state index is 10.4. The summed E-state index contributed by atoms with van der Waals surface area (Å²) in [5.41, 5.74) is 0.465. The zero-order valence-corrected chi connectivity index (χ0v) is 10.0. The Morgan fingerprint density at radius 3 is 2.88 bits per heavy atom. The quantitative estimate of drug-likeness (QED) is 0.631. The molecule has 0 unspecified atom stereocenters. The first-order valence-electron chi connectivity index (χ1n) is 4.78. The molecule has 0 aromatic carbocycles. The smallest absolute Gasteiger partial charge is 0.311 e. The molecule has 86 valence electrons. The van der Waals surface area contributed by atoms with Gasteiger partial charge in [0, 0.05) is 24.5 Å². The second kappa shape index (κ2) is 5.05. The fraction of sp³-hybridized carbons (Fsp3) is 0.500. The van der Waals surface area contributed by atoms with Gasteiger partial charge >= 0.3 is 5.00 Å². The monoisotopic (exact) mass is 239 g/mol. The molecule has 0 amide bonds. The number of rotatable bonds is 5. The second-order valence-electron chi connectivity index (χ2n) is 4.15. The van der Waals surface area contributed by atoms with E-state index < -0.39 is 10.3 Å². The average molecular weight is 239 g/mol. The molecule has 16 heavy (non-hydrogen) atoms. The Labute approximate surface area is 97.9 Å². The third kappa shape index (κ3) is 3.61. The fourth-order valence-electron chi connectivity index (χ4n) is 1.11. The Hall–Kier alpha value is -1.45. The van der Waals surface area contributed by atoms with Crippen LogP contribution in [0.2, 0.25) is 0 Å². The maximum Gasteiger partial charge on any atom is 0.324 e. The zero-order valence-electron chi connectivity index (χ0n) is 9.19. The van der Waals surface area contributed by atoms with Gasteiger partial charge in [0.05, 0.1) is 16.4 Å². The van der Waals surface area contributed by atoms with Crippen LogP contribution in [0.15, 0.2) is 11.4 Å². The van der Waals surface area contributed by atoms with E-state index in [0.717, 1.165) is 16.9 Å². The molecule has 0 radical (unpaired) electrons. The molecule has 0 bridgehead atoms. The highest BCUT2D eigenvalue weighted by Gasteiger charge is 2.16. The first-order chi connectivity index (χ1) is 7.44. The molecular weight excluding hydrogens is 226 g/mol. The Bertz CT molecular complexity index is 420. The highest BCUT2D eigenvalue weighted by atomic mass is 32.1. The predicted octanol–water partition coefficient (Wildman–Crippen LogP) is 2.30. The lowest BCUT2D eigenvalue weighted by Crippen LogP contribution is -2.27. The molecule has 0 fully saturated rings. The normalized spacial score (nSPS) is 11.1. The first kappa shape index (κ1) is 12.6. The van der Waals surface area contributed by atoms with Gasteiger partial charge in [0.1, 0.15) is 0 Å². The van der Waals surface area contributed by atoms with Gasteiger partial charge in [0.25, 0.3) is 0 Å². The van der Waals surface area contributed by atoms with E-state index in [1.54, 1.807) is 11.4 Å². The van der Waals surface area contributed by atoms with Crippen molar-refractivity contribution in [3.8, 4) is 6.07 Å². The van der Waals surface area contributed by atoms with Crippen molar-refractivity contribution in [2.75, 3.05) is 6.54 Å². The number of hydrogen-bond acceptors (Lipinski definition) is 5. The van der Waals surface area contributed by atoms with Crippen molar-refractivity contribution in [1.82, 2.24) is 5.32 Å². The van der Waals surface area contributed by atoms with Gasteiger partial charge in [-0.25, -0.2) is 0 Å². The summed E-state index contributed by atoms with van der Waals surface area (Å²) in [7, 11) is 0. The lowest BCUT2D eigenvalue weighted by atomic mass is 9.96. The summed E-state index contributed by atoms with van der Waals surface area (Å²) in [5, 5.41) is 24.2. The number of nitrogens with one attached hydrogen (secondary N) is 1. The van der Waals surface area contributed by atoms with Crippen molar-refractivity contribution < 1.29 is 4.92 Å². The van der Waals surface area contributed by atoms with E-state index >= 15 is 0 Å². The molecule has 0 saturated carbocycles. The van der Waals surface area contributed by atoms with Crippen LogP contribution in [-0.2, 0) is 6.54 Å².